The molecule has 2 fully saturated rings. The number of nitrogens with zero attached hydrogens (tertiary/aromatic N) is 2. The Morgan fingerprint density at radius 3 is 2.24 bits per heavy atom. The summed E-state index contributed by atoms with van der Waals surface area (Å²) in [6.45, 7) is 1.32. The lowest BCUT2D eigenvalue weighted by molar-refractivity contribution is 0.284. The van der Waals surface area contributed by atoms with Gasteiger partial charge in [0.1, 0.15) is 5.82 Å². The van der Waals surface area contributed by atoms with Crippen molar-refractivity contribution in [2.45, 2.75) is 49.5 Å². The lowest BCUT2D eigenvalue weighted by Crippen LogP contribution is -2.32. The van der Waals surface area contributed by atoms with Gasteiger partial charge >= 0.3 is 0 Å². The Balaban J connectivity index is 1.01. The molecule has 0 radical (unpaired) electrons. The van der Waals surface area contributed by atoms with Gasteiger partial charge in [-0.15, -0.1) is 0 Å². The highest BCUT2D eigenvalue weighted by atomic mass is 32.2. The monoisotopic (exact) mass is 515 g/mol. The summed E-state index contributed by atoms with van der Waals surface area (Å²) in [6, 6.07) is 21.8. The molecule has 2 saturated carbocycles. The topological polar surface area (TPSA) is 96.0 Å². The van der Waals surface area contributed by atoms with E-state index in [4.69, 9.17) is 9.97 Å². The minimum Gasteiger partial charge on any atom is -0.367 e. The molecule has 3 aromatic carbocycles. The van der Waals surface area contributed by atoms with Crippen molar-refractivity contribution in [1.82, 2.24) is 14.7 Å². The highest BCUT2D eigenvalue weighted by Crippen LogP contribution is 2.31. The Hall–Kier alpha value is -3.23. The van der Waals surface area contributed by atoms with Crippen molar-refractivity contribution in [3.05, 3.63) is 66.7 Å². The SMILES string of the molecule is O=S(=O)(NC[C@H]1CC[C@H](CNc2nc(NC3CC3)c3ccccc3n2)CC1)c1ccc2ccccc2c1. The van der Waals surface area contributed by atoms with Crippen LogP contribution in [0.4, 0.5) is 11.8 Å². The van der Waals surface area contributed by atoms with Gasteiger partial charge in [-0.25, -0.2) is 18.1 Å². The van der Waals surface area contributed by atoms with Crippen LogP contribution in [0.2, 0.25) is 0 Å². The molecule has 0 spiro atoms. The summed E-state index contributed by atoms with van der Waals surface area (Å²) in [5.41, 5.74) is 0.950. The van der Waals surface area contributed by atoms with Crippen molar-refractivity contribution < 1.29 is 8.42 Å². The van der Waals surface area contributed by atoms with Gasteiger partial charge in [-0.05, 0) is 85.4 Å². The van der Waals surface area contributed by atoms with E-state index in [0.29, 0.717) is 35.3 Å². The van der Waals surface area contributed by atoms with Gasteiger partial charge in [0.25, 0.3) is 0 Å². The molecule has 1 heterocycles. The van der Waals surface area contributed by atoms with E-state index in [0.717, 1.165) is 59.7 Å². The molecule has 6 rings (SSSR count). The molecule has 0 atom stereocenters. The fraction of sp³-hybridized carbons (Fsp3) is 0.379. The third-order valence-electron chi connectivity index (χ3n) is 7.63. The predicted octanol–water partition coefficient (Wildman–Crippen LogP) is 5.55. The lowest BCUT2D eigenvalue weighted by atomic mass is 9.82. The summed E-state index contributed by atoms with van der Waals surface area (Å²) < 4.78 is 28.6. The van der Waals surface area contributed by atoms with E-state index in [-0.39, 0.29) is 0 Å². The van der Waals surface area contributed by atoms with Gasteiger partial charge in [0.2, 0.25) is 16.0 Å². The van der Waals surface area contributed by atoms with Crippen molar-refractivity contribution in [2.24, 2.45) is 11.8 Å². The number of anilines is 2. The molecule has 2 aliphatic carbocycles. The second-order valence-electron chi connectivity index (χ2n) is 10.5. The Morgan fingerprint density at radius 2 is 1.46 bits per heavy atom. The Kier molecular flexibility index (Phi) is 6.69. The first-order valence-electron chi connectivity index (χ1n) is 13.3. The first kappa shape index (κ1) is 24.1. The standard InChI is InChI=1S/C29H33N5O2S/c35-37(36,25-16-13-22-5-1-2-6-23(22)17-25)31-19-21-11-9-20(10-12-21)18-30-29-33-27-8-4-3-7-26(27)28(34-29)32-24-14-15-24/h1-8,13,16-17,20-21,24,31H,9-12,14-15,18-19H2,(H2,30,32,33,34)/t20-,21-. The highest BCUT2D eigenvalue weighted by molar-refractivity contribution is 7.89. The van der Waals surface area contributed by atoms with Crippen molar-refractivity contribution in [1.29, 1.82) is 0 Å². The van der Waals surface area contributed by atoms with E-state index in [9.17, 15) is 8.42 Å². The van der Waals surface area contributed by atoms with Gasteiger partial charge in [0.05, 0.1) is 10.4 Å². The molecule has 4 aromatic rings. The Labute approximate surface area is 218 Å². The van der Waals surface area contributed by atoms with Crippen LogP contribution in [-0.2, 0) is 10.0 Å². The van der Waals surface area contributed by atoms with Crippen LogP contribution in [0.5, 0.6) is 0 Å². The zero-order chi connectivity index (χ0) is 25.2. The molecule has 0 unspecified atom stereocenters. The third kappa shape index (κ3) is 5.70. The Bertz CT molecular complexity index is 1510. The number of hydrogen-bond acceptors (Lipinski definition) is 6. The van der Waals surface area contributed by atoms with E-state index in [1.165, 1.54) is 12.8 Å². The van der Waals surface area contributed by atoms with E-state index in [1.807, 2.05) is 48.5 Å². The molecule has 8 heteroatoms. The maximum atomic E-state index is 12.9. The summed E-state index contributed by atoms with van der Waals surface area (Å²) in [4.78, 5) is 9.83. The first-order valence-corrected chi connectivity index (χ1v) is 14.8. The van der Waals surface area contributed by atoms with Gasteiger partial charge in [-0.1, -0.05) is 42.5 Å². The maximum Gasteiger partial charge on any atom is 0.240 e. The fourth-order valence-corrected chi connectivity index (χ4v) is 6.36. The van der Waals surface area contributed by atoms with Crippen LogP contribution in [0.3, 0.4) is 0 Å². The summed E-state index contributed by atoms with van der Waals surface area (Å²) in [5, 5.41) is 10.1. The average molecular weight is 516 g/mol. The summed E-state index contributed by atoms with van der Waals surface area (Å²) >= 11 is 0. The van der Waals surface area contributed by atoms with Crippen LogP contribution in [0.25, 0.3) is 21.7 Å². The number of nitrogens with one attached hydrogen (secondary N) is 3. The molecule has 192 valence electrons. The first-order chi connectivity index (χ1) is 18.0. The average Bonchev–Trinajstić information content (AvgIpc) is 3.75. The van der Waals surface area contributed by atoms with Crippen molar-refractivity contribution >= 4 is 43.5 Å². The minimum absolute atomic E-state index is 0.329. The number of benzene rings is 3. The van der Waals surface area contributed by atoms with Gasteiger partial charge in [-0.3, -0.25) is 0 Å². The molecule has 2 aliphatic rings. The van der Waals surface area contributed by atoms with Gasteiger partial charge < -0.3 is 10.6 Å². The molecule has 1 aromatic heterocycles. The van der Waals surface area contributed by atoms with E-state index in [2.05, 4.69) is 21.4 Å². The third-order valence-corrected chi connectivity index (χ3v) is 9.05. The second kappa shape index (κ2) is 10.3. The predicted molar refractivity (Wildman–Crippen MR) is 149 cm³/mol. The van der Waals surface area contributed by atoms with Gasteiger partial charge in [0, 0.05) is 24.5 Å². The van der Waals surface area contributed by atoms with Crippen LogP contribution in [0, 0.1) is 11.8 Å². The molecule has 0 amide bonds. The highest BCUT2D eigenvalue weighted by Gasteiger charge is 2.25. The molecule has 37 heavy (non-hydrogen) atoms. The molecule has 0 bridgehead atoms. The Morgan fingerprint density at radius 1 is 0.757 bits per heavy atom. The van der Waals surface area contributed by atoms with Crippen LogP contribution in [0.15, 0.2) is 71.6 Å². The number of hydrogen-bond donors (Lipinski definition) is 3. The van der Waals surface area contributed by atoms with Crippen LogP contribution in [0.1, 0.15) is 38.5 Å². The number of sulfonamides is 1. The number of para-hydroxylation sites is 1. The van der Waals surface area contributed by atoms with Crippen molar-refractivity contribution in [3.8, 4) is 0 Å². The van der Waals surface area contributed by atoms with Crippen LogP contribution in [-0.4, -0.2) is 37.5 Å². The molecule has 7 nitrogen and oxygen atoms in total. The number of rotatable bonds is 9. The summed E-state index contributed by atoms with van der Waals surface area (Å²) in [7, 11) is -3.52. The van der Waals surface area contributed by atoms with Gasteiger partial charge in [0.15, 0.2) is 0 Å². The smallest absolute Gasteiger partial charge is 0.240 e. The lowest BCUT2D eigenvalue weighted by Gasteiger charge is -2.28. The van der Waals surface area contributed by atoms with Crippen LogP contribution >= 0.6 is 0 Å². The maximum absolute atomic E-state index is 12.9. The normalized spacial score (nSPS) is 20.2. The van der Waals surface area contributed by atoms with Gasteiger partial charge in [-0.2, -0.15) is 4.98 Å². The van der Waals surface area contributed by atoms with E-state index >= 15 is 0 Å². The van der Waals surface area contributed by atoms with E-state index in [1.54, 1.807) is 12.1 Å². The summed E-state index contributed by atoms with van der Waals surface area (Å²) in [5.74, 6) is 2.48. The van der Waals surface area contributed by atoms with Crippen molar-refractivity contribution in [2.75, 3.05) is 23.7 Å². The number of aromatic nitrogens is 2. The zero-order valence-electron chi connectivity index (χ0n) is 20.9. The quantitative estimate of drug-likeness (QED) is 0.270. The largest absolute Gasteiger partial charge is 0.367 e. The number of fused-ring (bicyclic) bond motifs is 2. The molecule has 0 saturated heterocycles. The zero-order valence-corrected chi connectivity index (χ0v) is 21.7. The van der Waals surface area contributed by atoms with Crippen LogP contribution < -0.4 is 15.4 Å². The fourth-order valence-electron chi connectivity index (χ4n) is 5.21. The van der Waals surface area contributed by atoms with E-state index < -0.39 is 10.0 Å². The molecular weight excluding hydrogens is 482 g/mol. The second-order valence-corrected chi connectivity index (χ2v) is 12.2. The molecular formula is C29H33N5O2S. The molecule has 0 aliphatic heterocycles. The molecule has 3 N–H and O–H groups in total. The minimum atomic E-state index is -3.52. The summed E-state index contributed by atoms with van der Waals surface area (Å²) in [6.07, 6.45) is 6.55. The van der Waals surface area contributed by atoms with Crippen molar-refractivity contribution in [3.63, 3.8) is 0 Å².